The summed E-state index contributed by atoms with van der Waals surface area (Å²) in [5, 5.41) is 2.24. The van der Waals surface area contributed by atoms with E-state index in [4.69, 9.17) is 10.5 Å². The number of alkyl carbamates (subject to hydrolysis) is 1. The third-order valence-corrected chi connectivity index (χ3v) is 5.19. The van der Waals surface area contributed by atoms with Gasteiger partial charge < -0.3 is 15.8 Å². The van der Waals surface area contributed by atoms with Crippen LogP contribution in [0.4, 0.5) is 4.79 Å². The Morgan fingerprint density at radius 2 is 1.63 bits per heavy atom. The van der Waals surface area contributed by atoms with Crippen molar-refractivity contribution in [3.63, 3.8) is 0 Å². The van der Waals surface area contributed by atoms with Crippen molar-refractivity contribution in [2.24, 2.45) is 5.73 Å². The lowest BCUT2D eigenvalue weighted by Gasteiger charge is -2.18. The fourth-order valence-electron chi connectivity index (χ4n) is 3.53. The summed E-state index contributed by atoms with van der Waals surface area (Å²) >= 11 is 3.86. The number of hydrogen-bond acceptors (Lipinski definition) is 4. The van der Waals surface area contributed by atoms with E-state index in [0.717, 1.165) is 24.0 Å². The van der Waals surface area contributed by atoms with Gasteiger partial charge >= 0.3 is 6.09 Å². The second-order valence-electron chi connectivity index (χ2n) is 6.65. The molecule has 27 heavy (non-hydrogen) atoms. The van der Waals surface area contributed by atoms with Crippen LogP contribution in [0.2, 0.25) is 0 Å². The summed E-state index contributed by atoms with van der Waals surface area (Å²) in [6.07, 6.45) is 1.45. The van der Waals surface area contributed by atoms with Crippen LogP contribution in [0.25, 0.3) is 11.1 Å². The maximum atomic E-state index is 12.2. The minimum Gasteiger partial charge on any atom is -0.449 e. The standard InChI is InChI=1S/C21H24N2O3S/c22-12-6-5-11-19(20(24)27)23-21(25)26-13-18-16-9-3-1-7-14(16)15-8-2-4-10-17(15)18/h1-4,7-10,18-19H,5-6,11-13,22H2,(H,23,25)(H,24,27)/t19-/m0/s1. The molecule has 2 aromatic rings. The third kappa shape index (κ3) is 4.51. The molecule has 3 N–H and O–H groups in total. The van der Waals surface area contributed by atoms with Crippen LogP contribution in [-0.4, -0.2) is 30.4 Å². The second-order valence-corrected chi connectivity index (χ2v) is 7.09. The molecule has 0 aromatic heterocycles. The molecule has 1 aliphatic rings. The van der Waals surface area contributed by atoms with Gasteiger partial charge in [0.25, 0.3) is 0 Å². The molecule has 0 spiro atoms. The van der Waals surface area contributed by atoms with Crippen molar-refractivity contribution in [3.8, 4) is 11.1 Å². The van der Waals surface area contributed by atoms with Gasteiger partial charge in [0.05, 0.1) is 0 Å². The molecule has 0 unspecified atom stereocenters. The predicted octanol–water partition coefficient (Wildman–Crippen LogP) is 3.48. The fourth-order valence-corrected chi connectivity index (χ4v) is 3.73. The van der Waals surface area contributed by atoms with Crippen molar-refractivity contribution in [1.29, 1.82) is 0 Å². The summed E-state index contributed by atoms with van der Waals surface area (Å²) in [7, 11) is 0. The molecule has 0 aliphatic heterocycles. The zero-order valence-electron chi connectivity index (χ0n) is 15.1. The van der Waals surface area contributed by atoms with E-state index in [-0.39, 0.29) is 17.6 Å². The summed E-state index contributed by atoms with van der Waals surface area (Å²) in [6, 6.07) is 15.6. The van der Waals surface area contributed by atoms with E-state index in [1.807, 2.05) is 24.3 Å². The lowest BCUT2D eigenvalue weighted by atomic mass is 9.98. The van der Waals surface area contributed by atoms with Gasteiger partial charge in [0.1, 0.15) is 12.6 Å². The van der Waals surface area contributed by atoms with E-state index in [9.17, 15) is 9.59 Å². The highest BCUT2D eigenvalue weighted by molar-refractivity contribution is 7.96. The minimum absolute atomic E-state index is 0.00876. The molecule has 0 bridgehead atoms. The largest absolute Gasteiger partial charge is 0.449 e. The molecule has 6 heteroatoms. The summed E-state index contributed by atoms with van der Waals surface area (Å²) in [5.41, 5.74) is 10.1. The zero-order valence-corrected chi connectivity index (χ0v) is 16.0. The Labute approximate surface area is 164 Å². The van der Waals surface area contributed by atoms with Gasteiger partial charge in [-0.3, -0.25) is 4.79 Å². The van der Waals surface area contributed by atoms with Gasteiger partial charge in [0, 0.05) is 5.92 Å². The number of ether oxygens (including phenoxy) is 1. The molecule has 0 fully saturated rings. The molecule has 5 nitrogen and oxygen atoms in total. The molecular formula is C21H24N2O3S. The maximum absolute atomic E-state index is 12.2. The Morgan fingerprint density at radius 1 is 1.04 bits per heavy atom. The van der Waals surface area contributed by atoms with Crippen LogP contribution < -0.4 is 11.1 Å². The van der Waals surface area contributed by atoms with Crippen LogP contribution in [0.3, 0.4) is 0 Å². The van der Waals surface area contributed by atoms with Gasteiger partial charge in [-0.2, -0.15) is 0 Å². The van der Waals surface area contributed by atoms with E-state index in [2.05, 4.69) is 42.2 Å². The molecular weight excluding hydrogens is 360 g/mol. The van der Waals surface area contributed by atoms with Gasteiger partial charge in [-0.1, -0.05) is 48.5 Å². The van der Waals surface area contributed by atoms with Gasteiger partial charge in [-0.25, -0.2) is 4.79 Å². The second kappa shape index (κ2) is 9.06. The summed E-state index contributed by atoms with van der Waals surface area (Å²) in [6.45, 7) is 0.772. The van der Waals surface area contributed by atoms with Crippen LogP contribution in [0.1, 0.15) is 36.3 Å². The highest BCUT2D eigenvalue weighted by atomic mass is 32.1. The van der Waals surface area contributed by atoms with Crippen LogP contribution >= 0.6 is 12.6 Å². The Hall–Kier alpha value is -2.31. The van der Waals surface area contributed by atoms with Crippen LogP contribution in [0, 0.1) is 0 Å². The average molecular weight is 385 g/mol. The number of rotatable bonds is 8. The molecule has 0 heterocycles. The highest BCUT2D eigenvalue weighted by Gasteiger charge is 2.29. The topological polar surface area (TPSA) is 81.4 Å². The number of fused-ring (bicyclic) bond motifs is 3. The average Bonchev–Trinajstić information content (AvgIpc) is 2.99. The van der Waals surface area contributed by atoms with Gasteiger partial charge in [0.2, 0.25) is 5.12 Å². The predicted molar refractivity (Wildman–Crippen MR) is 109 cm³/mol. The number of carbonyl (C=O) groups is 2. The Kier molecular flexibility index (Phi) is 6.53. The summed E-state index contributed by atoms with van der Waals surface area (Å²) in [5.74, 6) is -0.00876. The molecule has 142 valence electrons. The molecule has 1 aliphatic carbocycles. The lowest BCUT2D eigenvalue weighted by Crippen LogP contribution is -2.39. The number of unbranched alkanes of at least 4 members (excludes halogenated alkanes) is 1. The van der Waals surface area contributed by atoms with Crippen LogP contribution in [0.15, 0.2) is 48.5 Å². The van der Waals surface area contributed by atoms with E-state index >= 15 is 0 Å². The number of nitrogens with one attached hydrogen (secondary N) is 1. The van der Waals surface area contributed by atoms with Gasteiger partial charge in [-0.15, -0.1) is 12.6 Å². The van der Waals surface area contributed by atoms with Crippen LogP contribution in [0.5, 0.6) is 0 Å². The lowest BCUT2D eigenvalue weighted by molar-refractivity contribution is -0.112. The number of hydrogen-bond donors (Lipinski definition) is 3. The normalized spacial score (nSPS) is 13.6. The monoisotopic (exact) mass is 384 g/mol. The molecule has 1 atom stereocenters. The van der Waals surface area contributed by atoms with Gasteiger partial charge in [0.15, 0.2) is 0 Å². The van der Waals surface area contributed by atoms with E-state index < -0.39 is 12.1 Å². The molecule has 0 saturated carbocycles. The Morgan fingerprint density at radius 3 is 2.19 bits per heavy atom. The van der Waals surface area contributed by atoms with Crippen molar-refractivity contribution in [2.45, 2.75) is 31.2 Å². The molecule has 1 amide bonds. The molecule has 2 aromatic carbocycles. The molecule has 3 rings (SSSR count). The first kappa shape index (κ1) is 19.5. The van der Waals surface area contributed by atoms with E-state index in [0.29, 0.717) is 13.0 Å². The van der Waals surface area contributed by atoms with Crippen LogP contribution in [-0.2, 0) is 9.53 Å². The van der Waals surface area contributed by atoms with Crippen molar-refractivity contribution < 1.29 is 14.3 Å². The number of nitrogens with two attached hydrogens (primary N) is 1. The number of thiol groups is 1. The maximum Gasteiger partial charge on any atom is 0.407 e. The van der Waals surface area contributed by atoms with Gasteiger partial charge in [-0.05, 0) is 48.1 Å². The summed E-state index contributed by atoms with van der Waals surface area (Å²) in [4.78, 5) is 23.9. The van der Waals surface area contributed by atoms with Crippen molar-refractivity contribution in [1.82, 2.24) is 5.32 Å². The SMILES string of the molecule is NCCCC[C@H](NC(=O)OCC1c2ccccc2-c2ccccc21)C(=O)S. The number of carbonyl (C=O) groups excluding carboxylic acids is 2. The minimum atomic E-state index is -0.657. The molecule has 0 saturated heterocycles. The zero-order chi connectivity index (χ0) is 19.2. The highest BCUT2D eigenvalue weighted by Crippen LogP contribution is 2.44. The Balaban J connectivity index is 1.64. The first-order chi connectivity index (χ1) is 13.1. The first-order valence-corrected chi connectivity index (χ1v) is 9.61. The van der Waals surface area contributed by atoms with E-state index in [1.165, 1.54) is 11.1 Å². The quantitative estimate of drug-likeness (QED) is 0.481. The summed E-state index contributed by atoms with van der Waals surface area (Å²) < 4.78 is 5.47. The number of benzene rings is 2. The smallest absolute Gasteiger partial charge is 0.407 e. The van der Waals surface area contributed by atoms with Crippen molar-refractivity contribution in [2.75, 3.05) is 13.2 Å². The van der Waals surface area contributed by atoms with Crippen molar-refractivity contribution >= 4 is 23.8 Å². The fraction of sp³-hybridized carbons (Fsp3) is 0.333. The van der Waals surface area contributed by atoms with Crippen molar-refractivity contribution in [3.05, 3.63) is 59.7 Å². The third-order valence-electron chi connectivity index (χ3n) is 4.88. The Bertz CT molecular complexity index is 779. The van der Waals surface area contributed by atoms with E-state index in [1.54, 1.807) is 0 Å². The number of amides is 1. The first-order valence-electron chi connectivity index (χ1n) is 9.16. The molecule has 0 radical (unpaired) electrons.